The van der Waals surface area contributed by atoms with Gasteiger partial charge in [-0.1, -0.05) is 36.4 Å². The van der Waals surface area contributed by atoms with E-state index in [1.165, 1.54) is 0 Å². The van der Waals surface area contributed by atoms with Crippen molar-refractivity contribution in [1.82, 2.24) is 9.97 Å². The summed E-state index contributed by atoms with van der Waals surface area (Å²) in [5.41, 5.74) is 4.01. The monoisotopic (exact) mass is 305 g/mol. The topological polar surface area (TPSA) is 47.0 Å². The minimum atomic E-state index is 0.723. The molecule has 0 amide bonds. The van der Waals surface area contributed by atoms with Gasteiger partial charge in [0.1, 0.15) is 17.4 Å². The summed E-state index contributed by atoms with van der Waals surface area (Å²) in [6.45, 7) is 3.94. The van der Waals surface area contributed by atoms with Crippen molar-refractivity contribution in [2.24, 2.45) is 0 Å². The SMILES string of the molecule is COc1ccc(C)cc1Nc1cc(-c2ccccc2)nc(C)n1. The smallest absolute Gasteiger partial charge is 0.142 e. The van der Waals surface area contributed by atoms with Gasteiger partial charge in [-0.2, -0.15) is 0 Å². The first-order chi connectivity index (χ1) is 11.2. The van der Waals surface area contributed by atoms with Gasteiger partial charge in [-0.05, 0) is 31.5 Å². The van der Waals surface area contributed by atoms with Crippen molar-refractivity contribution in [3.05, 3.63) is 66.0 Å². The van der Waals surface area contributed by atoms with Gasteiger partial charge < -0.3 is 10.1 Å². The summed E-state index contributed by atoms with van der Waals surface area (Å²) >= 11 is 0. The highest BCUT2D eigenvalue weighted by Crippen LogP contribution is 2.29. The van der Waals surface area contributed by atoms with Crippen molar-refractivity contribution in [3.8, 4) is 17.0 Å². The molecule has 0 bridgehead atoms. The summed E-state index contributed by atoms with van der Waals surface area (Å²) in [6, 6.07) is 18.0. The number of hydrogen-bond acceptors (Lipinski definition) is 4. The van der Waals surface area contributed by atoms with E-state index in [-0.39, 0.29) is 0 Å². The zero-order chi connectivity index (χ0) is 16.2. The first-order valence-corrected chi connectivity index (χ1v) is 7.48. The Labute approximate surface area is 136 Å². The second-order valence-corrected chi connectivity index (χ2v) is 5.38. The number of benzene rings is 2. The van der Waals surface area contributed by atoms with E-state index in [1.54, 1.807) is 7.11 Å². The molecule has 4 heteroatoms. The average molecular weight is 305 g/mol. The van der Waals surface area contributed by atoms with Crippen LogP contribution in [0.15, 0.2) is 54.6 Å². The van der Waals surface area contributed by atoms with Gasteiger partial charge in [0, 0.05) is 11.6 Å². The van der Waals surface area contributed by atoms with Gasteiger partial charge in [0.2, 0.25) is 0 Å². The summed E-state index contributed by atoms with van der Waals surface area (Å²) in [7, 11) is 1.66. The van der Waals surface area contributed by atoms with Gasteiger partial charge in [-0.25, -0.2) is 9.97 Å². The fourth-order valence-electron chi connectivity index (χ4n) is 2.45. The molecule has 0 fully saturated rings. The summed E-state index contributed by atoms with van der Waals surface area (Å²) < 4.78 is 5.41. The zero-order valence-electron chi connectivity index (χ0n) is 13.5. The molecule has 3 aromatic rings. The lowest BCUT2D eigenvalue weighted by Gasteiger charge is -2.12. The second-order valence-electron chi connectivity index (χ2n) is 5.38. The number of ether oxygens (including phenoxy) is 1. The molecule has 4 nitrogen and oxygen atoms in total. The Bertz CT molecular complexity index is 816. The number of anilines is 2. The molecule has 1 aromatic heterocycles. The second kappa shape index (κ2) is 6.48. The average Bonchev–Trinajstić information content (AvgIpc) is 2.55. The first kappa shape index (κ1) is 15.0. The molecule has 0 spiro atoms. The minimum Gasteiger partial charge on any atom is -0.495 e. The summed E-state index contributed by atoms with van der Waals surface area (Å²) in [5.74, 6) is 2.26. The molecule has 0 aliphatic rings. The van der Waals surface area contributed by atoms with Crippen molar-refractivity contribution in [2.75, 3.05) is 12.4 Å². The molecule has 0 unspecified atom stereocenters. The van der Waals surface area contributed by atoms with Gasteiger partial charge in [0.15, 0.2) is 0 Å². The summed E-state index contributed by atoms with van der Waals surface area (Å²) in [5, 5.41) is 3.34. The van der Waals surface area contributed by atoms with Gasteiger partial charge in [0.05, 0.1) is 18.5 Å². The maximum Gasteiger partial charge on any atom is 0.142 e. The quantitative estimate of drug-likeness (QED) is 0.770. The van der Waals surface area contributed by atoms with E-state index >= 15 is 0 Å². The molecule has 23 heavy (non-hydrogen) atoms. The van der Waals surface area contributed by atoms with Gasteiger partial charge in [-0.3, -0.25) is 0 Å². The van der Waals surface area contributed by atoms with E-state index in [2.05, 4.69) is 15.3 Å². The minimum absolute atomic E-state index is 0.723. The highest BCUT2D eigenvalue weighted by Gasteiger charge is 2.08. The van der Waals surface area contributed by atoms with E-state index in [1.807, 2.05) is 68.4 Å². The maximum absolute atomic E-state index is 5.41. The summed E-state index contributed by atoms with van der Waals surface area (Å²) in [6.07, 6.45) is 0. The summed E-state index contributed by atoms with van der Waals surface area (Å²) in [4.78, 5) is 9.01. The van der Waals surface area contributed by atoms with Crippen LogP contribution in [0.25, 0.3) is 11.3 Å². The van der Waals surface area contributed by atoms with E-state index in [9.17, 15) is 0 Å². The van der Waals surface area contributed by atoms with Crippen LogP contribution in [0, 0.1) is 13.8 Å². The lowest BCUT2D eigenvalue weighted by molar-refractivity contribution is 0.416. The molecule has 2 aromatic carbocycles. The molecule has 0 atom stereocenters. The van der Waals surface area contributed by atoms with Crippen LogP contribution in [0.1, 0.15) is 11.4 Å². The lowest BCUT2D eigenvalue weighted by atomic mass is 10.1. The molecule has 0 aliphatic carbocycles. The first-order valence-electron chi connectivity index (χ1n) is 7.48. The van der Waals surface area contributed by atoms with Crippen molar-refractivity contribution >= 4 is 11.5 Å². The predicted molar refractivity (Wildman–Crippen MR) is 93.2 cm³/mol. The van der Waals surface area contributed by atoms with Crippen molar-refractivity contribution < 1.29 is 4.74 Å². The molecular formula is C19H19N3O. The molecule has 0 radical (unpaired) electrons. The van der Waals surface area contributed by atoms with Crippen LogP contribution in [0.5, 0.6) is 5.75 Å². The highest BCUT2D eigenvalue weighted by atomic mass is 16.5. The largest absolute Gasteiger partial charge is 0.495 e. The predicted octanol–water partition coefficient (Wildman–Crippen LogP) is 4.51. The Morgan fingerprint density at radius 1 is 0.913 bits per heavy atom. The Balaban J connectivity index is 1.98. The standard InChI is InChI=1S/C19H19N3O/c1-13-9-10-18(23-3)17(11-13)22-19-12-16(20-14(2)21-19)15-7-5-4-6-8-15/h4-12H,1-3H3,(H,20,21,22). The molecule has 0 saturated heterocycles. The van der Waals surface area contributed by atoms with Crippen LogP contribution in [0.2, 0.25) is 0 Å². The molecular weight excluding hydrogens is 286 g/mol. The Morgan fingerprint density at radius 3 is 2.43 bits per heavy atom. The van der Waals surface area contributed by atoms with E-state index in [4.69, 9.17) is 4.74 Å². The van der Waals surface area contributed by atoms with Crippen LogP contribution < -0.4 is 10.1 Å². The van der Waals surface area contributed by atoms with Crippen molar-refractivity contribution in [2.45, 2.75) is 13.8 Å². The Morgan fingerprint density at radius 2 is 1.70 bits per heavy atom. The van der Waals surface area contributed by atoms with Crippen LogP contribution in [0.3, 0.4) is 0 Å². The van der Waals surface area contributed by atoms with Crippen molar-refractivity contribution in [3.63, 3.8) is 0 Å². The molecule has 0 saturated carbocycles. The molecule has 116 valence electrons. The third-order valence-electron chi connectivity index (χ3n) is 3.53. The third kappa shape index (κ3) is 3.48. The van der Waals surface area contributed by atoms with E-state index < -0.39 is 0 Å². The van der Waals surface area contributed by atoms with Gasteiger partial charge >= 0.3 is 0 Å². The Kier molecular flexibility index (Phi) is 4.24. The number of methoxy groups -OCH3 is 1. The lowest BCUT2D eigenvalue weighted by Crippen LogP contribution is -2.00. The number of aryl methyl sites for hydroxylation is 2. The highest BCUT2D eigenvalue weighted by molar-refractivity contribution is 5.69. The normalized spacial score (nSPS) is 10.4. The van der Waals surface area contributed by atoms with Crippen LogP contribution in [-0.4, -0.2) is 17.1 Å². The molecule has 3 rings (SSSR count). The number of nitrogens with zero attached hydrogens (tertiary/aromatic N) is 2. The number of aromatic nitrogens is 2. The Hall–Kier alpha value is -2.88. The fraction of sp³-hybridized carbons (Fsp3) is 0.158. The van der Waals surface area contributed by atoms with Crippen LogP contribution in [-0.2, 0) is 0 Å². The number of rotatable bonds is 4. The maximum atomic E-state index is 5.41. The number of nitrogens with one attached hydrogen (secondary N) is 1. The van der Waals surface area contributed by atoms with Gasteiger partial charge in [-0.15, -0.1) is 0 Å². The van der Waals surface area contributed by atoms with Crippen LogP contribution >= 0.6 is 0 Å². The van der Waals surface area contributed by atoms with Crippen LogP contribution in [0.4, 0.5) is 11.5 Å². The molecule has 1 heterocycles. The zero-order valence-corrected chi connectivity index (χ0v) is 13.5. The van der Waals surface area contributed by atoms with E-state index in [0.717, 1.165) is 39.9 Å². The third-order valence-corrected chi connectivity index (χ3v) is 3.53. The number of hydrogen-bond donors (Lipinski definition) is 1. The van der Waals surface area contributed by atoms with Crippen molar-refractivity contribution in [1.29, 1.82) is 0 Å². The molecule has 0 aliphatic heterocycles. The van der Waals surface area contributed by atoms with E-state index in [0.29, 0.717) is 0 Å². The van der Waals surface area contributed by atoms with Gasteiger partial charge in [0.25, 0.3) is 0 Å². The molecule has 1 N–H and O–H groups in total. The fourth-order valence-corrected chi connectivity index (χ4v) is 2.45.